The average Bonchev–Trinajstić information content (AvgIpc) is 3.31. The van der Waals surface area contributed by atoms with Crippen molar-refractivity contribution in [3.05, 3.63) is 88.4 Å². The van der Waals surface area contributed by atoms with E-state index in [4.69, 9.17) is 4.98 Å². The Balaban J connectivity index is 1.71. The number of nitrogens with zero attached hydrogens (tertiary/aromatic N) is 2. The number of thiophene rings is 1. The van der Waals surface area contributed by atoms with Crippen molar-refractivity contribution in [2.75, 3.05) is 0 Å². The first-order valence-corrected chi connectivity index (χ1v) is 9.40. The van der Waals surface area contributed by atoms with Gasteiger partial charge in [0.1, 0.15) is 5.82 Å². The number of rotatable bonds is 5. The van der Waals surface area contributed by atoms with Crippen molar-refractivity contribution in [1.29, 1.82) is 0 Å². The Kier molecular flexibility index (Phi) is 4.54. The Bertz CT molecular complexity index is 1020. The van der Waals surface area contributed by atoms with Gasteiger partial charge in [-0.2, -0.15) is 0 Å². The maximum atomic E-state index is 12.7. The molecule has 0 saturated heterocycles. The van der Waals surface area contributed by atoms with E-state index in [0.717, 1.165) is 22.4 Å². The predicted octanol–water partition coefficient (Wildman–Crippen LogP) is 4.35. The van der Waals surface area contributed by atoms with Crippen molar-refractivity contribution in [2.24, 2.45) is 7.05 Å². The van der Waals surface area contributed by atoms with Crippen molar-refractivity contribution in [3.8, 4) is 0 Å². The maximum absolute atomic E-state index is 12.7. The Morgan fingerprint density at radius 1 is 1.08 bits per heavy atom. The van der Waals surface area contributed by atoms with Crippen LogP contribution < -0.4 is 5.32 Å². The van der Waals surface area contributed by atoms with Crippen molar-refractivity contribution < 1.29 is 4.79 Å². The van der Waals surface area contributed by atoms with Gasteiger partial charge in [-0.25, -0.2) is 4.98 Å². The molecule has 2 heterocycles. The molecule has 4 rings (SSSR count). The summed E-state index contributed by atoms with van der Waals surface area (Å²) >= 11 is 1.44. The zero-order valence-electron chi connectivity index (χ0n) is 14.4. The van der Waals surface area contributed by atoms with Gasteiger partial charge in [0.25, 0.3) is 5.91 Å². The fourth-order valence-electron chi connectivity index (χ4n) is 3.17. The third-order valence-electron chi connectivity index (χ3n) is 4.47. The van der Waals surface area contributed by atoms with E-state index < -0.39 is 0 Å². The van der Waals surface area contributed by atoms with Crippen molar-refractivity contribution in [3.63, 3.8) is 0 Å². The highest BCUT2D eigenvalue weighted by molar-refractivity contribution is 7.12. The highest BCUT2D eigenvalue weighted by Crippen LogP contribution is 2.23. The van der Waals surface area contributed by atoms with Gasteiger partial charge in [0.05, 0.1) is 22.0 Å². The summed E-state index contributed by atoms with van der Waals surface area (Å²) in [6.45, 7) is 0. The summed E-state index contributed by atoms with van der Waals surface area (Å²) in [4.78, 5) is 18.2. The SMILES string of the molecule is Cn1c(C(Cc2ccccc2)NC(=O)c2cccs2)nc2ccccc21. The van der Waals surface area contributed by atoms with Crippen LogP contribution in [0.4, 0.5) is 0 Å². The maximum Gasteiger partial charge on any atom is 0.261 e. The molecule has 0 aliphatic carbocycles. The summed E-state index contributed by atoms with van der Waals surface area (Å²) in [7, 11) is 2.00. The number of carbonyl (C=O) groups is 1. The quantitative estimate of drug-likeness (QED) is 0.574. The minimum atomic E-state index is -0.204. The van der Waals surface area contributed by atoms with E-state index >= 15 is 0 Å². The number of amides is 1. The second-order valence-corrected chi connectivity index (χ2v) is 7.16. The lowest BCUT2D eigenvalue weighted by molar-refractivity contribution is 0.0938. The van der Waals surface area contributed by atoms with Crippen LogP contribution in [0, 0.1) is 0 Å². The van der Waals surface area contributed by atoms with Crippen molar-refractivity contribution in [2.45, 2.75) is 12.5 Å². The van der Waals surface area contributed by atoms with Gasteiger partial charge in [0.15, 0.2) is 0 Å². The summed E-state index contributed by atoms with van der Waals surface area (Å²) in [5.41, 5.74) is 3.16. The second kappa shape index (κ2) is 7.14. The minimum absolute atomic E-state index is 0.0620. The highest BCUT2D eigenvalue weighted by atomic mass is 32.1. The molecule has 1 unspecified atom stereocenters. The number of para-hydroxylation sites is 2. The van der Waals surface area contributed by atoms with Gasteiger partial charge < -0.3 is 9.88 Å². The number of aromatic nitrogens is 2. The largest absolute Gasteiger partial charge is 0.341 e. The number of aryl methyl sites for hydroxylation is 1. The van der Waals surface area contributed by atoms with E-state index in [1.807, 2.05) is 67.0 Å². The number of hydrogen-bond donors (Lipinski definition) is 1. The fraction of sp³-hybridized carbons (Fsp3) is 0.143. The van der Waals surface area contributed by atoms with Crippen LogP contribution in [-0.2, 0) is 13.5 Å². The number of fused-ring (bicyclic) bond motifs is 1. The number of imidazole rings is 1. The molecular formula is C21H19N3OS. The number of benzene rings is 2. The third kappa shape index (κ3) is 3.26. The molecule has 1 atom stereocenters. The Morgan fingerprint density at radius 2 is 1.85 bits per heavy atom. The summed E-state index contributed by atoms with van der Waals surface area (Å²) in [6, 6.07) is 21.7. The molecule has 2 aromatic carbocycles. The highest BCUT2D eigenvalue weighted by Gasteiger charge is 2.22. The van der Waals surface area contributed by atoms with Crippen LogP contribution in [0.3, 0.4) is 0 Å². The molecule has 4 aromatic rings. The lowest BCUT2D eigenvalue weighted by Crippen LogP contribution is -2.31. The van der Waals surface area contributed by atoms with Crippen LogP contribution in [-0.4, -0.2) is 15.5 Å². The van der Waals surface area contributed by atoms with Gasteiger partial charge in [-0.05, 0) is 35.6 Å². The Hall–Kier alpha value is -2.92. The molecule has 0 aliphatic rings. The molecule has 0 bridgehead atoms. The minimum Gasteiger partial charge on any atom is -0.341 e. The van der Waals surface area contributed by atoms with Gasteiger partial charge in [-0.1, -0.05) is 48.5 Å². The van der Waals surface area contributed by atoms with Gasteiger partial charge in [0.2, 0.25) is 0 Å². The van der Waals surface area contributed by atoms with E-state index in [2.05, 4.69) is 22.0 Å². The first kappa shape index (κ1) is 16.5. The van der Waals surface area contributed by atoms with Crippen LogP contribution >= 0.6 is 11.3 Å². The molecule has 0 saturated carbocycles. The predicted molar refractivity (Wildman–Crippen MR) is 105 cm³/mol. The van der Waals surface area contributed by atoms with Crippen LogP contribution in [0.2, 0.25) is 0 Å². The average molecular weight is 361 g/mol. The smallest absolute Gasteiger partial charge is 0.261 e. The molecular weight excluding hydrogens is 342 g/mol. The second-order valence-electron chi connectivity index (χ2n) is 6.21. The summed E-state index contributed by atoms with van der Waals surface area (Å²) < 4.78 is 2.07. The van der Waals surface area contributed by atoms with Crippen LogP contribution in [0.15, 0.2) is 72.1 Å². The summed E-state index contributed by atoms with van der Waals surface area (Å²) in [5.74, 6) is 0.799. The van der Waals surface area contributed by atoms with Crippen molar-refractivity contribution >= 4 is 28.3 Å². The molecule has 130 valence electrons. The summed E-state index contributed by atoms with van der Waals surface area (Å²) in [5, 5.41) is 5.09. The zero-order chi connectivity index (χ0) is 17.9. The van der Waals surface area contributed by atoms with Crippen molar-refractivity contribution in [1.82, 2.24) is 14.9 Å². The zero-order valence-corrected chi connectivity index (χ0v) is 15.2. The normalized spacial score (nSPS) is 12.2. The molecule has 2 aromatic heterocycles. The van der Waals surface area contributed by atoms with Crippen LogP contribution in [0.25, 0.3) is 11.0 Å². The van der Waals surface area contributed by atoms with Gasteiger partial charge in [-0.15, -0.1) is 11.3 Å². The lowest BCUT2D eigenvalue weighted by atomic mass is 10.1. The molecule has 1 amide bonds. The number of hydrogen-bond acceptors (Lipinski definition) is 3. The molecule has 0 radical (unpaired) electrons. The van der Waals surface area contributed by atoms with Crippen LogP contribution in [0.5, 0.6) is 0 Å². The van der Waals surface area contributed by atoms with E-state index in [-0.39, 0.29) is 11.9 Å². The Labute approximate surface area is 156 Å². The number of carbonyl (C=O) groups excluding carboxylic acids is 1. The monoisotopic (exact) mass is 361 g/mol. The molecule has 0 fully saturated rings. The number of nitrogens with one attached hydrogen (secondary N) is 1. The topological polar surface area (TPSA) is 46.9 Å². The standard InChI is InChI=1S/C21H19N3OS/c1-24-18-11-6-5-10-16(18)22-20(24)17(14-15-8-3-2-4-9-15)23-21(25)19-12-7-13-26-19/h2-13,17H,14H2,1H3,(H,23,25). The summed E-state index contributed by atoms with van der Waals surface area (Å²) in [6.07, 6.45) is 0.690. The van der Waals surface area contributed by atoms with E-state index in [9.17, 15) is 4.79 Å². The third-order valence-corrected chi connectivity index (χ3v) is 5.33. The van der Waals surface area contributed by atoms with Crippen LogP contribution in [0.1, 0.15) is 27.1 Å². The molecule has 26 heavy (non-hydrogen) atoms. The first-order valence-electron chi connectivity index (χ1n) is 8.52. The molecule has 4 nitrogen and oxygen atoms in total. The van der Waals surface area contributed by atoms with E-state index in [1.165, 1.54) is 11.3 Å². The molecule has 0 aliphatic heterocycles. The van der Waals surface area contributed by atoms with Gasteiger partial charge in [-0.3, -0.25) is 4.79 Å². The fourth-order valence-corrected chi connectivity index (χ4v) is 3.80. The van der Waals surface area contributed by atoms with Gasteiger partial charge >= 0.3 is 0 Å². The Morgan fingerprint density at radius 3 is 2.58 bits per heavy atom. The van der Waals surface area contributed by atoms with E-state index in [1.54, 1.807) is 0 Å². The van der Waals surface area contributed by atoms with E-state index in [0.29, 0.717) is 11.3 Å². The first-order chi connectivity index (χ1) is 12.7. The lowest BCUT2D eigenvalue weighted by Gasteiger charge is -2.18. The molecule has 5 heteroatoms. The molecule has 0 spiro atoms. The van der Waals surface area contributed by atoms with Gasteiger partial charge in [0, 0.05) is 7.05 Å². The molecule has 1 N–H and O–H groups in total.